The van der Waals surface area contributed by atoms with Crippen LogP contribution in [-0.2, 0) is 34.9 Å². The first-order valence-electron chi connectivity index (χ1n) is 12.3. The molecule has 5 N–H and O–H groups in total. The van der Waals surface area contributed by atoms with Gasteiger partial charge in [0.25, 0.3) is 6.35 Å². The van der Waals surface area contributed by atoms with Gasteiger partial charge in [0, 0.05) is 0 Å². The quantitative estimate of drug-likeness (QED) is 0.264. The van der Waals surface area contributed by atoms with E-state index in [1.54, 1.807) is 31.7 Å². The zero-order chi connectivity index (χ0) is 27.6. The molecule has 3 atom stereocenters. The van der Waals surface area contributed by atoms with E-state index >= 15 is 0 Å². The normalized spacial score (nSPS) is 15.7. The monoisotopic (exact) mass is 540 g/mol. The van der Waals surface area contributed by atoms with Crippen LogP contribution in [0.25, 0.3) is 11.2 Å². The van der Waals surface area contributed by atoms with Crippen molar-refractivity contribution in [1.82, 2.24) is 24.6 Å². The van der Waals surface area contributed by atoms with Crippen molar-refractivity contribution in [2.45, 2.75) is 90.6 Å². The number of rotatable bonds is 12. The van der Waals surface area contributed by atoms with E-state index in [4.69, 9.17) is 25.7 Å². The largest absolute Gasteiger partial charge is 0.464 e. The molecule has 3 unspecified atom stereocenters. The number of carbonyl (C=O) groups excluding carboxylic acids is 2. The van der Waals surface area contributed by atoms with E-state index in [2.05, 4.69) is 20.0 Å². The minimum absolute atomic E-state index is 0.0370. The fourth-order valence-corrected chi connectivity index (χ4v) is 4.25. The van der Waals surface area contributed by atoms with Crippen LogP contribution in [0.3, 0.4) is 0 Å². The van der Waals surface area contributed by atoms with E-state index in [1.165, 1.54) is 12.7 Å². The summed E-state index contributed by atoms with van der Waals surface area (Å²) in [6, 6.07) is -0.472. The average Bonchev–Trinajstić information content (AvgIpc) is 3.22. The number of ether oxygens (including phenoxy) is 3. The third-order valence-corrected chi connectivity index (χ3v) is 6.61. The summed E-state index contributed by atoms with van der Waals surface area (Å²) in [5.41, 5.74) is 11.1. The molecule has 0 aliphatic heterocycles. The Balaban J connectivity index is 0.000000402. The molecule has 0 radical (unpaired) electrons. The Kier molecular flexibility index (Phi) is 11.8. The summed E-state index contributed by atoms with van der Waals surface area (Å²) >= 11 is 0. The lowest BCUT2D eigenvalue weighted by Gasteiger charge is -2.25. The van der Waals surface area contributed by atoms with Crippen molar-refractivity contribution in [2.75, 3.05) is 18.7 Å². The molecule has 0 spiro atoms. The Hall–Kier alpha value is -2.73. The van der Waals surface area contributed by atoms with Crippen molar-refractivity contribution >= 4 is 36.9 Å². The first-order chi connectivity index (χ1) is 17.4. The minimum Gasteiger partial charge on any atom is -0.464 e. The number of fused-ring (bicyclic) bond motifs is 1. The number of hydrogen-bond donors (Lipinski definition) is 3. The molecule has 13 nitrogen and oxygen atoms in total. The molecule has 0 saturated heterocycles. The van der Waals surface area contributed by atoms with Gasteiger partial charge < -0.3 is 30.2 Å². The fourth-order valence-electron chi connectivity index (χ4n) is 3.08. The molecular formula is C23H39N7O6P+. The topological polar surface area (TPSA) is 187 Å². The molecule has 2 aromatic heterocycles. The van der Waals surface area contributed by atoms with Gasteiger partial charge in [0.15, 0.2) is 17.0 Å². The number of imidazole rings is 1. The van der Waals surface area contributed by atoms with Gasteiger partial charge in [-0.15, -0.1) is 0 Å². The van der Waals surface area contributed by atoms with Crippen LogP contribution in [0, 0.1) is 0 Å². The highest BCUT2D eigenvalue weighted by Gasteiger charge is 2.37. The van der Waals surface area contributed by atoms with Gasteiger partial charge in [0.2, 0.25) is 0 Å². The maximum absolute atomic E-state index is 12.2. The van der Waals surface area contributed by atoms with Crippen LogP contribution in [0.5, 0.6) is 0 Å². The first kappa shape index (κ1) is 30.5. The van der Waals surface area contributed by atoms with Crippen LogP contribution in [0.4, 0.5) is 5.82 Å². The molecule has 37 heavy (non-hydrogen) atoms. The molecule has 206 valence electrons. The molecule has 1 aliphatic carbocycles. The Morgan fingerprint density at radius 3 is 2.57 bits per heavy atom. The first-order valence-corrected chi connectivity index (χ1v) is 13.8. The number of nitrogens with zero attached hydrogens (tertiary/aromatic N) is 4. The molecule has 0 amide bonds. The number of esters is 2. The van der Waals surface area contributed by atoms with Gasteiger partial charge in [-0.1, -0.05) is 12.0 Å². The second-order valence-corrected chi connectivity index (χ2v) is 10.7. The summed E-state index contributed by atoms with van der Waals surface area (Å²) in [5.74, 6) is -0.399. The fraction of sp³-hybridized carbons (Fsp3) is 0.696. The second-order valence-electron chi connectivity index (χ2n) is 9.46. The lowest BCUT2D eigenvalue weighted by Crippen LogP contribution is -2.44. The predicted molar refractivity (Wildman–Crippen MR) is 139 cm³/mol. The van der Waals surface area contributed by atoms with Gasteiger partial charge in [0.1, 0.15) is 24.0 Å². The number of carbonyl (C=O) groups is 2. The Labute approximate surface area is 217 Å². The lowest BCUT2D eigenvalue weighted by atomic mass is 9.96. The van der Waals surface area contributed by atoms with Crippen molar-refractivity contribution in [3.05, 3.63) is 12.7 Å². The van der Waals surface area contributed by atoms with Crippen molar-refractivity contribution < 1.29 is 28.4 Å². The Morgan fingerprint density at radius 1 is 1.27 bits per heavy atom. The van der Waals surface area contributed by atoms with Crippen LogP contribution >= 0.6 is 7.95 Å². The van der Waals surface area contributed by atoms with Crippen molar-refractivity contribution in [3.63, 3.8) is 0 Å². The van der Waals surface area contributed by atoms with Crippen LogP contribution in [0.1, 0.15) is 60.3 Å². The van der Waals surface area contributed by atoms with E-state index in [9.17, 15) is 14.2 Å². The van der Waals surface area contributed by atoms with Gasteiger partial charge in [-0.2, -0.15) is 0 Å². The highest BCUT2D eigenvalue weighted by molar-refractivity contribution is 7.42. The third kappa shape index (κ3) is 9.58. The highest BCUT2D eigenvalue weighted by atomic mass is 31.1. The molecule has 0 bridgehead atoms. The number of nitrogens with one attached hydrogen (secondary N) is 1. The predicted octanol–water partition coefficient (Wildman–Crippen LogP) is 2.26. The van der Waals surface area contributed by atoms with Crippen LogP contribution < -0.4 is 16.6 Å². The smallest absolute Gasteiger partial charge is 0.461 e. The Bertz CT molecular complexity index is 1060. The Morgan fingerprint density at radius 2 is 1.97 bits per heavy atom. The van der Waals surface area contributed by atoms with E-state index in [-0.39, 0.29) is 24.5 Å². The molecule has 2 aromatic rings. The average molecular weight is 541 g/mol. The second kappa shape index (κ2) is 14.3. The molecule has 3 rings (SSSR count). The molecule has 1 fully saturated rings. The summed E-state index contributed by atoms with van der Waals surface area (Å²) < 4.78 is 29.8. The molecule has 1 saturated carbocycles. The van der Waals surface area contributed by atoms with Crippen LogP contribution in [0.2, 0.25) is 0 Å². The van der Waals surface area contributed by atoms with E-state index in [1.807, 2.05) is 13.8 Å². The summed E-state index contributed by atoms with van der Waals surface area (Å²) in [4.78, 5) is 35.0. The van der Waals surface area contributed by atoms with Crippen molar-refractivity contribution in [1.29, 1.82) is 0 Å². The molecule has 1 aliphatic rings. The lowest BCUT2D eigenvalue weighted by molar-refractivity contribution is -0.154. The van der Waals surface area contributed by atoms with Gasteiger partial charge >= 0.3 is 19.9 Å². The number of nitrogens with two attached hydrogens (primary N) is 2. The number of nitrogen functional groups attached to an aromatic ring is 1. The van der Waals surface area contributed by atoms with Gasteiger partial charge in [-0.25, -0.2) is 19.7 Å². The minimum atomic E-state index is -1.95. The maximum Gasteiger partial charge on any atom is 0.461 e. The zero-order valence-corrected chi connectivity index (χ0v) is 23.1. The van der Waals surface area contributed by atoms with Crippen LogP contribution in [-0.4, -0.2) is 68.2 Å². The summed E-state index contributed by atoms with van der Waals surface area (Å²) in [6.45, 7) is 9.44. The van der Waals surface area contributed by atoms with Crippen molar-refractivity contribution in [3.8, 4) is 0 Å². The van der Waals surface area contributed by atoms with E-state index in [0.717, 1.165) is 19.3 Å². The van der Waals surface area contributed by atoms with E-state index < -0.39 is 25.5 Å². The van der Waals surface area contributed by atoms with Crippen LogP contribution in [0.15, 0.2) is 12.7 Å². The molecule has 2 heterocycles. The highest BCUT2D eigenvalue weighted by Crippen LogP contribution is 2.23. The number of aromatic nitrogens is 4. The summed E-state index contributed by atoms with van der Waals surface area (Å²) in [5, 5.41) is 2.77. The number of hydrogen-bond acceptors (Lipinski definition) is 11. The summed E-state index contributed by atoms with van der Waals surface area (Å²) in [7, 11) is -1.95. The number of anilines is 1. The SMILES string of the molecule is CC(N)C(=O)OC1CCC1.CCCOC(=O)C(C)(C)N[P+](=O)COC(C)Cn1cnc2c(N)ncnc21. The molecule has 0 aromatic carbocycles. The van der Waals surface area contributed by atoms with E-state index in [0.29, 0.717) is 30.1 Å². The van der Waals surface area contributed by atoms with Gasteiger partial charge in [0.05, 0.1) is 25.6 Å². The van der Waals surface area contributed by atoms with Crippen molar-refractivity contribution in [2.24, 2.45) is 5.73 Å². The standard InChI is InChI=1S/C16H26N6O4P.C7H13NO2/c1-5-6-25-15(23)16(3,4)21-27(24)10-26-11(2)7-22-9-20-12-13(17)18-8-19-14(12)22;1-5(8)7(9)10-6-3-2-4-6/h8-9,11H,5-7,10H2,1-4H3,(H,21,24)(H2,17,18,19);5-6H,2-4,8H2,1H3/q+1;. The molecule has 14 heteroatoms. The zero-order valence-electron chi connectivity index (χ0n) is 22.2. The third-order valence-electron chi connectivity index (χ3n) is 5.42. The summed E-state index contributed by atoms with van der Waals surface area (Å²) in [6.07, 6.45) is 6.79. The van der Waals surface area contributed by atoms with Gasteiger partial charge in [-0.3, -0.25) is 4.79 Å². The maximum atomic E-state index is 12.2. The molecular weight excluding hydrogens is 501 g/mol. The van der Waals surface area contributed by atoms with Gasteiger partial charge in [-0.05, 0) is 57.9 Å².